The zero-order valence-electron chi connectivity index (χ0n) is 25.3. The van der Waals surface area contributed by atoms with Gasteiger partial charge in [-0.25, -0.2) is 0 Å². The molecule has 2 fully saturated rings. The Balaban J connectivity index is 0.00000115. The van der Waals surface area contributed by atoms with E-state index >= 15 is 0 Å². The fourth-order valence-corrected chi connectivity index (χ4v) is 7.48. The maximum absolute atomic E-state index is 11.5. The van der Waals surface area contributed by atoms with Crippen molar-refractivity contribution >= 4 is 51.3 Å². The first-order valence-electron chi connectivity index (χ1n) is 15.6. The van der Waals surface area contributed by atoms with Crippen molar-refractivity contribution in [2.45, 2.75) is 57.0 Å². The van der Waals surface area contributed by atoms with Crippen molar-refractivity contribution in [1.82, 2.24) is 14.7 Å². The number of carbonyl (C=O) groups is 1. The molecule has 7 rings (SSSR count). The predicted octanol–water partition coefficient (Wildman–Crippen LogP) is 8.40. The third-order valence-electron chi connectivity index (χ3n) is 8.65. The van der Waals surface area contributed by atoms with Crippen LogP contribution < -0.4 is 5.73 Å². The summed E-state index contributed by atoms with van der Waals surface area (Å²) in [6, 6.07) is 27.7. The summed E-state index contributed by atoms with van der Waals surface area (Å²) in [6.07, 6.45) is 4.52. The molecule has 5 aromatic rings. The highest BCUT2D eigenvalue weighted by Crippen LogP contribution is 2.42. The van der Waals surface area contributed by atoms with Crippen molar-refractivity contribution in [2.24, 2.45) is 5.73 Å². The number of aromatic nitrogens is 2. The zero-order valence-corrected chi connectivity index (χ0v) is 27.7. The minimum Gasteiger partial charge on any atom is -0.397 e. The maximum atomic E-state index is 11.5. The summed E-state index contributed by atoms with van der Waals surface area (Å²) in [7, 11) is 0. The summed E-state index contributed by atoms with van der Waals surface area (Å²) in [5.41, 5.74) is 11.6. The number of likely N-dealkylation sites (tertiary alicyclic amines) is 1. The summed E-state index contributed by atoms with van der Waals surface area (Å²) in [6.45, 7) is 4.80. The molecule has 6 nitrogen and oxygen atoms in total. The van der Waals surface area contributed by atoms with E-state index in [1.165, 1.54) is 62.3 Å². The average molecular weight is 662 g/mol. The van der Waals surface area contributed by atoms with Gasteiger partial charge >= 0.3 is 0 Å². The Kier molecular flexibility index (Phi) is 9.93. The normalized spacial score (nSPS) is 15.8. The number of thiophene rings is 1. The third-order valence-corrected chi connectivity index (χ3v) is 10.2. The van der Waals surface area contributed by atoms with E-state index in [1.807, 2.05) is 36.4 Å². The van der Waals surface area contributed by atoms with E-state index in [0.717, 1.165) is 42.5 Å². The van der Waals surface area contributed by atoms with Gasteiger partial charge in [-0.15, -0.1) is 11.3 Å². The van der Waals surface area contributed by atoms with Crippen molar-refractivity contribution in [3.8, 4) is 0 Å². The van der Waals surface area contributed by atoms with Gasteiger partial charge in [-0.1, -0.05) is 53.5 Å². The molecule has 1 amide bonds. The number of halogens is 2. The molecule has 2 aliphatic rings. The van der Waals surface area contributed by atoms with Crippen molar-refractivity contribution in [2.75, 3.05) is 19.7 Å². The molecule has 2 aromatic heterocycles. The van der Waals surface area contributed by atoms with E-state index in [9.17, 15) is 4.79 Å². The van der Waals surface area contributed by atoms with Gasteiger partial charge in [-0.2, -0.15) is 5.10 Å². The minimum absolute atomic E-state index is 0.0546. The monoisotopic (exact) mass is 660 g/mol. The number of piperidine rings is 1. The molecule has 3 heterocycles. The standard InChI is InChI=1S/C34H32Cl2N4OS.C2H6O/c35-25-6-1-21(2-7-25)32(22-3-8-26(36)9-4-22)24-5-13-30-29(19-24)33(38-40(30)27-10-11-27)23-15-17-39(18-16-23)20-28-12-14-31(42-28)34(37)41;1-2-3/h1-9,12-14,19,23,27,32H,10-11,15-18,20H2,(H2,37,41);3H,2H2,1H3. The van der Waals surface area contributed by atoms with Gasteiger partial charge in [0.1, 0.15) is 0 Å². The molecule has 1 saturated carbocycles. The molecule has 1 aliphatic heterocycles. The maximum Gasteiger partial charge on any atom is 0.258 e. The lowest BCUT2D eigenvalue weighted by atomic mass is 9.84. The van der Waals surface area contributed by atoms with Crippen LogP contribution >= 0.6 is 34.5 Å². The van der Waals surface area contributed by atoms with Gasteiger partial charge in [0.2, 0.25) is 0 Å². The Labute approximate surface area is 278 Å². The van der Waals surface area contributed by atoms with Crippen LogP contribution in [0, 0.1) is 0 Å². The Morgan fingerprint density at radius 1 is 0.911 bits per heavy atom. The quantitative estimate of drug-likeness (QED) is 0.164. The van der Waals surface area contributed by atoms with Crippen molar-refractivity contribution in [3.63, 3.8) is 0 Å². The number of nitrogens with two attached hydrogens (primary N) is 1. The highest BCUT2D eigenvalue weighted by atomic mass is 35.5. The van der Waals surface area contributed by atoms with E-state index in [4.69, 9.17) is 39.1 Å². The van der Waals surface area contributed by atoms with Gasteiger partial charge in [0.05, 0.1) is 22.1 Å². The summed E-state index contributed by atoms with van der Waals surface area (Å²) in [5, 5.41) is 15.6. The molecule has 234 valence electrons. The highest BCUT2D eigenvalue weighted by molar-refractivity contribution is 7.14. The molecule has 45 heavy (non-hydrogen) atoms. The number of nitrogens with zero attached hydrogens (tertiary/aromatic N) is 3. The topological polar surface area (TPSA) is 84.4 Å². The lowest BCUT2D eigenvalue weighted by Crippen LogP contribution is -2.32. The number of aliphatic hydroxyl groups excluding tert-OH is 1. The molecule has 1 saturated heterocycles. The molecule has 0 bridgehead atoms. The number of carbonyl (C=O) groups excluding carboxylic acids is 1. The van der Waals surface area contributed by atoms with Crippen molar-refractivity contribution in [3.05, 3.63) is 121 Å². The fourth-order valence-electron chi connectivity index (χ4n) is 6.33. The lowest BCUT2D eigenvalue weighted by Gasteiger charge is -2.31. The Morgan fingerprint density at radius 2 is 1.49 bits per heavy atom. The number of rotatable bonds is 8. The number of hydrogen-bond acceptors (Lipinski definition) is 5. The van der Waals surface area contributed by atoms with E-state index < -0.39 is 0 Å². The molecule has 3 aromatic carbocycles. The first kappa shape index (κ1) is 31.8. The third kappa shape index (κ3) is 7.29. The number of benzene rings is 3. The van der Waals surface area contributed by atoms with Crippen LogP contribution in [0.2, 0.25) is 10.0 Å². The Hall–Kier alpha value is -3.20. The fraction of sp³-hybridized carbons (Fsp3) is 0.333. The Bertz CT molecular complexity index is 1710. The summed E-state index contributed by atoms with van der Waals surface area (Å²) in [5.74, 6) is 0.115. The van der Waals surface area contributed by atoms with E-state index in [1.54, 1.807) is 6.92 Å². The van der Waals surface area contributed by atoms with Gasteiger partial charge in [-0.3, -0.25) is 14.4 Å². The second-order valence-corrected chi connectivity index (χ2v) is 13.9. The Morgan fingerprint density at radius 3 is 2.02 bits per heavy atom. The average Bonchev–Trinajstić information content (AvgIpc) is 3.65. The SMILES string of the molecule is CCO.NC(=O)c1ccc(CN2CCC(c3nn(C4CC4)c4ccc(C(c5ccc(Cl)cc5)c5ccc(Cl)cc5)cc34)CC2)s1. The van der Waals surface area contributed by atoms with Gasteiger partial charge < -0.3 is 10.8 Å². The first-order chi connectivity index (χ1) is 21.8. The van der Waals surface area contributed by atoms with Crippen molar-refractivity contribution < 1.29 is 9.90 Å². The molecular weight excluding hydrogens is 623 g/mol. The largest absolute Gasteiger partial charge is 0.397 e. The van der Waals surface area contributed by atoms with Gasteiger partial charge in [-0.05, 0) is 111 Å². The summed E-state index contributed by atoms with van der Waals surface area (Å²) >= 11 is 14.0. The van der Waals surface area contributed by atoms with E-state index in [0.29, 0.717) is 16.8 Å². The van der Waals surface area contributed by atoms with Crippen LogP contribution in [-0.4, -0.2) is 45.4 Å². The van der Waals surface area contributed by atoms with Crippen LogP contribution in [0.5, 0.6) is 0 Å². The summed E-state index contributed by atoms with van der Waals surface area (Å²) < 4.78 is 2.29. The second-order valence-electron chi connectivity index (χ2n) is 11.9. The molecule has 1 aliphatic carbocycles. The molecule has 9 heteroatoms. The molecule has 3 N–H and O–H groups in total. The number of fused-ring (bicyclic) bond motifs is 1. The van der Waals surface area contributed by atoms with Gasteiger partial charge in [0, 0.05) is 45.3 Å². The van der Waals surface area contributed by atoms with Crippen LogP contribution in [0.15, 0.2) is 78.9 Å². The molecule has 0 unspecified atom stereocenters. The van der Waals surface area contributed by atoms with E-state index in [-0.39, 0.29) is 18.4 Å². The van der Waals surface area contributed by atoms with Crippen LogP contribution in [0.4, 0.5) is 0 Å². The van der Waals surface area contributed by atoms with Crippen LogP contribution in [0.3, 0.4) is 0 Å². The highest BCUT2D eigenvalue weighted by Gasteiger charge is 2.31. The first-order valence-corrected chi connectivity index (χ1v) is 17.2. The molecular formula is C36H38Cl2N4O2S. The minimum atomic E-state index is -0.350. The number of hydrogen-bond donors (Lipinski definition) is 2. The predicted molar refractivity (Wildman–Crippen MR) is 185 cm³/mol. The van der Waals surface area contributed by atoms with Gasteiger partial charge in [0.25, 0.3) is 5.91 Å². The van der Waals surface area contributed by atoms with Crippen LogP contribution in [-0.2, 0) is 6.54 Å². The zero-order chi connectivity index (χ0) is 31.5. The van der Waals surface area contributed by atoms with Gasteiger partial charge in [0.15, 0.2) is 0 Å². The van der Waals surface area contributed by atoms with E-state index in [2.05, 4.69) is 52.0 Å². The van der Waals surface area contributed by atoms with Crippen LogP contribution in [0.1, 0.15) is 87.4 Å². The summed E-state index contributed by atoms with van der Waals surface area (Å²) in [4.78, 5) is 15.8. The molecule has 0 atom stereocenters. The number of amides is 1. The number of aliphatic hydroxyl groups is 1. The number of primary amides is 1. The lowest BCUT2D eigenvalue weighted by molar-refractivity contribution is 0.100. The molecule has 0 radical (unpaired) electrons. The van der Waals surface area contributed by atoms with Crippen molar-refractivity contribution in [1.29, 1.82) is 0 Å². The molecule has 0 spiro atoms. The second kappa shape index (κ2) is 14.1. The van der Waals surface area contributed by atoms with Crippen LogP contribution in [0.25, 0.3) is 10.9 Å². The smallest absolute Gasteiger partial charge is 0.258 e.